The molecular formula is C13H17N3O3. The summed E-state index contributed by atoms with van der Waals surface area (Å²) in [5.41, 5.74) is 12.4. The smallest absolute Gasteiger partial charge is 0.247 e. The number of aryl methyl sites for hydroxylation is 1. The van der Waals surface area contributed by atoms with E-state index in [9.17, 15) is 9.59 Å². The Morgan fingerprint density at radius 3 is 2.95 bits per heavy atom. The Labute approximate surface area is 111 Å². The Morgan fingerprint density at radius 2 is 2.26 bits per heavy atom. The maximum atomic E-state index is 11.9. The molecule has 102 valence electrons. The molecule has 0 saturated heterocycles. The Hall–Kier alpha value is -2.08. The number of rotatable bonds is 3. The highest BCUT2D eigenvalue weighted by molar-refractivity contribution is 5.98. The third kappa shape index (κ3) is 2.85. The molecule has 0 unspecified atom stereocenters. The van der Waals surface area contributed by atoms with Crippen LogP contribution in [0.1, 0.15) is 12.0 Å². The summed E-state index contributed by atoms with van der Waals surface area (Å²) in [5, 5.41) is 0. The summed E-state index contributed by atoms with van der Waals surface area (Å²) >= 11 is 0. The van der Waals surface area contributed by atoms with E-state index in [1.807, 2.05) is 12.1 Å². The van der Waals surface area contributed by atoms with Gasteiger partial charge in [-0.2, -0.15) is 0 Å². The van der Waals surface area contributed by atoms with Crippen molar-refractivity contribution in [2.45, 2.75) is 18.9 Å². The van der Waals surface area contributed by atoms with Crippen LogP contribution < -0.4 is 21.1 Å². The van der Waals surface area contributed by atoms with E-state index < -0.39 is 6.04 Å². The van der Waals surface area contributed by atoms with Gasteiger partial charge in [0.1, 0.15) is 18.4 Å². The number of carbonyl (C=O) groups is 2. The minimum absolute atomic E-state index is 0.163. The maximum Gasteiger partial charge on any atom is 0.247 e. The van der Waals surface area contributed by atoms with Crippen LogP contribution in [0.5, 0.6) is 5.75 Å². The molecule has 4 N–H and O–H groups in total. The van der Waals surface area contributed by atoms with Gasteiger partial charge in [0.2, 0.25) is 11.8 Å². The van der Waals surface area contributed by atoms with Crippen molar-refractivity contribution in [2.24, 2.45) is 11.5 Å². The second-order valence-electron chi connectivity index (χ2n) is 4.58. The van der Waals surface area contributed by atoms with Crippen molar-refractivity contribution in [3.8, 4) is 5.75 Å². The fraction of sp³-hybridized carbons (Fsp3) is 0.385. The summed E-state index contributed by atoms with van der Waals surface area (Å²) in [6.45, 7) is 0.163. The van der Waals surface area contributed by atoms with Gasteiger partial charge in [0, 0.05) is 13.5 Å². The molecule has 0 spiro atoms. The summed E-state index contributed by atoms with van der Waals surface area (Å²) < 4.78 is 5.50. The molecule has 0 aliphatic carbocycles. The number of likely N-dealkylation sites (N-methyl/N-ethyl adjacent to an activating group) is 1. The van der Waals surface area contributed by atoms with Gasteiger partial charge in [0.05, 0.1) is 5.69 Å². The first-order valence-corrected chi connectivity index (χ1v) is 6.06. The average molecular weight is 263 g/mol. The standard InChI is InChI=1S/C13H17N3O3/c1-16-10-6-8(3-5-12(15)17)2-4-11(10)19-7-9(14)13(16)18/h2,4,6,9H,3,5,7,14H2,1H3,(H2,15,17)/t9-/m0/s1. The molecule has 0 bridgehead atoms. The van der Waals surface area contributed by atoms with Gasteiger partial charge in [-0.15, -0.1) is 0 Å². The summed E-state index contributed by atoms with van der Waals surface area (Å²) in [7, 11) is 1.66. The van der Waals surface area contributed by atoms with Gasteiger partial charge in [0.15, 0.2) is 0 Å². The van der Waals surface area contributed by atoms with Gasteiger partial charge < -0.3 is 21.1 Å². The molecule has 19 heavy (non-hydrogen) atoms. The van der Waals surface area contributed by atoms with Crippen LogP contribution in [0.3, 0.4) is 0 Å². The topological polar surface area (TPSA) is 98.7 Å². The minimum Gasteiger partial charge on any atom is -0.489 e. The molecule has 6 heteroatoms. The summed E-state index contributed by atoms with van der Waals surface area (Å²) in [6.07, 6.45) is 0.813. The monoisotopic (exact) mass is 263 g/mol. The van der Waals surface area contributed by atoms with Crippen molar-refractivity contribution >= 4 is 17.5 Å². The van der Waals surface area contributed by atoms with Crippen molar-refractivity contribution in [3.05, 3.63) is 23.8 Å². The van der Waals surface area contributed by atoms with Crippen LogP contribution >= 0.6 is 0 Å². The number of anilines is 1. The molecule has 1 heterocycles. The molecule has 2 rings (SSSR count). The number of carbonyl (C=O) groups excluding carboxylic acids is 2. The number of primary amides is 1. The Kier molecular flexibility index (Phi) is 3.71. The SMILES string of the molecule is CN1C(=O)[C@@H](N)COc2ccc(CCC(N)=O)cc21. The number of hydrogen-bond donors (Lipinski definition) is 2. The highest BCUT2D eigenvalue weighted by atomic mass is 16.5. The molecule has 1 aromatic carbocycles. The second-order valence-corrected chi connectivity index (χ2v) is 4.58. The van der Waals surface area contributed by atoms with Crippen LogP contribution in [0, 0.1) is 0 Å². The number of ether oxygens (including phenoxy) is 1. The Balaban J connectivity index is 2.28. The Bertz CT molecular complexity index is 516. The minimum atomic E-state index is -0.661. The molecule has 1 atom stereocenters. The van der Waals surface area contributed by atoms with Gasteiger partial charge in [-0.1, -0.05) is 6.07 Å². The summed E-state index contributed by atoms with van der Waals surface area (Å²) in [4.78, 5) is 24.2. The third-order valence-corrected chi connectivity index (χ3v) is 3.11. The largest absolute Gasteiger partial charge is 0.489 e. The maximum absolute atomic E-state index is 11.9. The van der Waals surface area contributed by atoms with Crippen molar-refractivity contribution in [1.82, 2.24) is 0 Å². The van der Waals surface area contributed by atoms with Crippen LogP contribution in [0.15, 0.2) is 18.2 Å². The predicted molar refractivity (Wildman–Crippen MR) is 70.8 cm³/mol. The molecule has 0 fully saturated rings. The normalized spacial score (nSPS) is 18.5. The van der Waals surface area contributed by atoms with E-state index in [0.717, 1.165) is 5.56 Å². The zero-order valence-corrected chi connectivity index (χ0v) is 10.8. The van der Waals surface area contributed by atoms with E-state index in [2.05, 4.69) is 0 Å². The van der Waals surface area contributed by atoms with E-state index >= 15 is 0 Å². The fourth-order valence-electron chi connectivity index (χ4n) is 1.99. The molecule has 6 nitrogen and oxygen atoms in total. The van der Waals surface area contributed by atoms with Gasteiger partial charge in [-0.05, 0) is 24.1 Å². The van der Waals surface area contributed by atoms with Crippen molar-refractivity contribution < 1.29 is 14.3 Å². The molecular weight excluding hydrogens is 246 g/mol. The molecule has 0 aromatic heterocycles. The van der Waals surface area contributed by atoms with E-state index in [1.54, 1.807) is 13.1 Å². The first kappa shape index (κ1) is 13.4. The van der Waals surface area contributed by atoms with Gasteiger partial charge in [0.25, 0.3) is 0 Å². The number of fused-ring (bicyclic) bond motifs is 1. The Morgan fingerprint density at radius 1 is 1.53 bits per heavy atom. The van der Waals surface area contributed by atoms with Crippen LogP contribution in [0.4, 0.5) is 5.69 Å². The van der Waals surface area contributed by atoms with Gasteiger partial charge >= 0.3 is 0 Å². The lowest BCUT2D eigenvalue weighted by atomic mass is 10.1. The van der Waals surface area contributed by atoms with Crippen molar-refractivity contribution in [3.63, 3.8) is 0 Å². The van der Waals surface area contributed by atoms with Crippen LogP contribution in [-0.2, 0) is 16.0 Å². The van der Waals surface area contributed by atoms with Crippen LogP contribution in [0.25, 0.3) is 0 Å². The van der Waals surface area contributed by atoms with Gasteiger partial charge in [-0.3, -0.25) is 9.59 Å². The molecule has 0 saturated carbocycles. The quantitative estimate of drug-likeness (QED) is 0.788. The van der Waals surface area contributed by atoms with E-state index in [1.165, 1.54) is 4.90 Å². The number of benzene rings is 1. The number of hydrogen-bond acceptors (Lipinski definition) is 4. The molecule has 1 aliphatic heterocycles. The van der Waals surface area contributed by atoms with E-state index in [4.69, 9.17) is 16.2 Å². The van der Waals surface area contributed by atoms with Crippen molar-refractivity contribution in [2.75, 3.05) is 18.6 Å². The average Bonchev–Trinajstić information content (AvgIpc) is 2.49. The third-order valence-electron chi connectivity index (χ3n) is 3.11. The zero-order valence-electron chi connectivity index (χ0n) is 10.8. The van der Waals surface area contributed by atoms with E-state index in [0.29, 0.717) is 17.9 Å². The highest BCUT2D eigenvalue weighted by Crippen LogP contribution is 2.31. The first-order chi connectivity index (χ1) is 8.99. The summed E-state index contributed by atoms with van der Waals surface area (Å²) in [5.74, 6) is 0.0788. The molecule has 2 amide bonds. The lowest BCUT2D eigenvalue weighted by molar-refractivity contribution is -0.120. The second kappa shape index (κ2) is 5.27. The van der Waals surface area contributed by atoms with Gasteiger partial charge in [-0.25, -0.2) is 0 Å². The lowest BCUT2D eigenvalue weighted by Crippen LogP contribution is -2.43. The predicted octanol–water partition coefficient (Wildman–Crippen LogP) is -0.213. The highest BCUT2D eigenvalue weighted by Gasteiger charge is 2.26. The van der Waals surface area contributed by atoms with Crippen LogP contribution in [-0.4, -0.2) is 31.5 Å². The lowest BCUT2D eigenvalue weighted by Gasteiger charge is -2.18. The molecule has 1 aromatic rings. The summed E-state index contributed by atoms with van der Waals surface area (Å²) in [6, 6.07) is 4.81. The van der Waals surface area contributed by atoms with E-state index in [-0.39, 0.29) is 24.8 Å². The number of nitrogens with zero attached hydrogens (tertiary/aromatic N) is 1. The molecule has 0 radical (unpaired) electrons. The number of nitrogens with two attached hydrogens (primary N) is 2. The van der Waals surface area contributed by atoms with Crippen molar-refractivity contribution in [1.29, 1.82) is 0 Å². The first-order valence-electron chi connectivity index (χ1n) is 6.06. The zero-order chi connectivity index (χ0) is 14.0. The molecule has 1 aliphatic rings. The fourth-order valence-corrected chi connectivity index (χ4v) is 1.99. The van der Waals surface area contributed by atoms with Crippen LogP contribution in [0.2, 0.25) is 0 Å². The number of amides is 2.